The van der Waals surface area contributed by atoms with Crippen LogP contribution in [0.1, 0.15) is 16.7 Å². The number of pyridine rings is 1. The third-order valence-electron chi connectivity index (χ3n) is 6.31. The van der Waals surface area contributed by atoms with E-state index in [1.54, 1.807) is 4.68 Å². The van der Waals surface area contributed by atoms with E-state index in [0.717, 1.165) is 38.9 Å². The summed E-state index contributed by atoms with van der Waals surface area (Å²) in [6.45, 7) is 5.66. The van der Waals surface area contributed by atoms with Crippen LogP contribution in [0.25, 0.3) is 33.6 Å². The second-order valence-corrected chi connectivity index (χ2v) is 10.6. The van der Waals surface area contributed by atoms with Crippen molar-refractivity contribution in [2.75, 3.05) is 4.83 Å². The van der Waals surface area contributed by atoms with Crippen LogP contribution in [0.3, 0.4) is 0 Å². The number of nitrogens with one attached hydrogen (secondary N) is 1. The average Bonchev–Trinajstić information content (AvgIpc) is 2.92. The first kappa shape index (κ1) is 25.2. The largest absolute Gasteiger partial charge is 0.453 e. The first-order valence-electron chi connectivity index (χ1n) is 12.4. The maximum Gasteiger partial charge on any atom is 0.453 e. The van der Waals surface area contributed by atoms with Crippen LogP contribution in [0, 0.1) is 20.8 Å². The molecule has 0 saturated carbocycles. The number of hydrogen-bond donors (Lipinski definition) is 1. The Morgan fingerprint density at radius 2 is 1.00 bits per heavy atom. The predicted molar refractivity (Wildman–Crippen MR) is 153 cm³/mol. The number of nitrogens with zero attached hydrogens (tertiary/aromatic N) is 1. The van der Waals surface area contributed by atoms with Gasteiger partial charge in [-0.15, -0.1) is 0 Å². The van der Waals surface area contributed by atoms with Gasteiger partial charge in [-0.25, -0.2) is 0 Å². The van der Waals surface area contributed by atoms with E-state index in [4.69, 9.17) is 4.18 Å². The minimum atomic E-state index is -4.27. The zero-order valence-corrected chi connectivity index (χ0v) is 22.4. The SMILES string of the molecule is Cc1cc(C)c(OS(=O)(=O)N[n+]2c(-c3ccccc3)cc(-c3ccccc3)cc2-c2ccccc2)c(C)c1. The number of aromatic nitrogens is 1. The van der Waals surface area contributed by atoms with Crippen LogP contribution in [-0.2, 0) is 10.3 Å². The Kier molecular flexibility index (Phi) is 6.99. The minimum Gasteiger partial charge on any atom is -0.363 e. The van der Waals surface area contributed by atoms with Gasteiger partial charge in [-0.2, -0.15) is 8.42 Å². The highest BCUT2D eigenvalue weighted by Gasteiger charge is 2.29. The van der Waals surface area contributed by atoms with Gasteiger partial charge in [0.05, 0.1) is 0 Å². The van der Waals surface area contributed by atoms with Crippen molar-refractivity contribution in [3.8, 4) is 39.4 Å². The van der Waals surface area contributed by atoms with Crippen LogP contribution in [0.2, 0.25) is 0 Å². The molecule has 1 heterocycles. The fraction of sp³-hybridized carbons (Fsp3) is 0.0938. The Morgan fingerprint density at radius 1 is 0.579 bits per heavy atom. The van der Waals surface area contributed by atoms with Gasteiger partial charge >= 0.3 is 10.3 Å². The molecule has 0 aliphatic rings. The number of hydrogen-bond acceptors (Lipinski definition) is 3. The van der Waals surface area contributed by atoms with E-state index in [9.17, 15) is 8.42 Å². The molecule has 0 amide bonds. The van der Waals surface area contributed by atoms with Gasteiger partial charge in [-0.05, 0) is 72.1 Å². The lowest BCUT2D eigenvalue weighted by molar-refractivity contribution is -0.614. The summed E-state index contributed by atoms with van der Waals surface area (Å²) in [5.41, 5.74) is 7.60. The molecule has 0 bridgehead atoms. The van der Waals surface area contributed by atoms with Crippen molar-refractivity contribution < 1.29 is 17.3 Å². The van der Waals surface area contributed by atoms with Crippen LogP contribution in [0.5, 0.6) is 5.75 Å². The van der Waals surface area contributed by atoms with Crippen LogP contribution < -0.4 is 13.7 Å². The fourth-order valence-corrected chi connectivity index (χ4v) is 5.61. The molecule has 0 spiro atoms. The molecule has 5 nitrogen and oxygen atoms in total. The first-order valence-corrected chi connectivity index (χ1v) is 13.8. The molecule has 38 heavy (non-hydrogen) atoms. The quantitative estimate of drug-likeness (QED) is 0.241. The van der Waals surface area contributed by atoms with Crippen molar-refractivity contribution in [1.82, 2.24) is 0 Å². The Morgan fingerprint density at radius 3 is 1.45 bits per heavy atom. The molecule has 0 aliphatic carbocycles. The van der Waals surface area contributed by atoms with E-state index < -0.39 is 10.3 Å². The van der Waals surface area contributed by atoms with E-state index >= 15 is 0 Å². The third kappa shape index (κ3) is 5.45. The molecule has 5 rings (SSSR count). The van der Waals surface area contributed by atoms with Crippen molar-refractivity contribution in [1.29, 1.82) is 0 Å². The summed E-state index contributed by atoms with van der Waals surface area (Å²) in [6.07, 6.45) is 0. The third-order valence-corrected chi connectivity index (χ3v) is 7.11. The highest BCUT2D eigenvalue weighted by molar-refractivity contribution is 7.87. The maximum atomic E-state index is 13.5. The minimum absolute atomic E-state index is 0.326. The fourth-order valence-electron chi connectivity index (χ4n) is 4.67. The van der Waals surface area contributed by atoms with E-state index in [0.29, 0.717) is 17.1 Å². The van der Waals surface area contributed by atoms with E-state index in [2.05, 4.69) is 4.83 Å². The molecular formula is C32H29N2O3S+. The van der Waals surface area contributed by atoms with Crippen LogP contribution in [-0.4, -0.2) is 8.42 Å². The summed E-state index contributed by atoms with van der Waals surface area (Å²) >= 11 is 0. The van der Waals surface area contributed by atoms with E-state index in [-0.39, 0.29) is 0 Å². The Labute approximate surface area is 224 Å². The summed E-state index contributed by atoms with van der Waals surface area (Å²) in [5.74, 6) is 0.326. The Bertz CT molecular complexity index is 1600. The summed E-state index contributed by atoms with van der Waals surface area (Å²) in [5, 5.41) is 0. The molecular weight excluding hydrogens is 492 g/mol. The lowest BCUT2D eigenvalue weighted by atomic mass is 10.00. The van der Waals surface area contributed by atoms with Crippen LogP contribution >= 0.6 is 0 Å². The van der Waals surface area contributed by atoms with Gasteiger partial charge in [-0.3, -0.25) is 0 Å². The second kappa shape index (κ2) is 10.5. The van der Waals surface area contributed by atoms with Gasteiger partial charge in [0.2, 0.25) is 11.4 Å². The van der Waals surface area contributed by atoms with Crippen molar-refractivity contribution in [2.24, 2.45) is 0 Å². The molecule has 190 valence electrons. The summed E-state index contributed by atoms with van der Waals surface area (Å²) in [7, 11) is -4.27. The number of benzene rings is 4. The molecule has 0 saturated heterocycles. The van der Waals surface area contributed by atoms with Gasteiger partial charge in [0.25, 0.3) is 0 Å². The zero-order chi connectivity index (χ0) is 26.7. The van der Waals surface area contributed by atoms with Gasteiger partial charge in [-0.1, -0.05) is 89.1 Å². The smallest absolute Gasteiger partial charge is 0.363 e. The molecule has 4 aromatic carbocycles. The Hall–Kier alpha value is -4.42. The molecule has 6 heteroatoms. The average molecular weight is 522 g/mol. The summed E-state index contributed by atoms with van der Waals surface area (Å²) in [4.78, 5) is 2.72. The van der Waals surface area contributed by atoms with Crippen molar-refractivity contribution >= 4 is 10.3 Å². The molecule has 0 unspecified atom stereocenters. The van der Waals surface area contributed by atoms with Gasteiger partial charge in [0, 0.05) is 23.3 Å². The molecule has 1 aromatic heterocycles. The zero-order valence-electron chi connectivity index (χ0n) is 21.5. The topological polar surface area (TPSA) is 59.3 Å². The van der Waals surface area contributed by atoms with E-state index in [1.807, 2.05) is 136 Å². The molecule has 0 atom stereocenters. The molecule has 0 aliphatic heterocycles. The monoisotopic (exact) mass is 521 g/mol. The van der Waals surface area contributed by atoms with Crippen molar-refractivity contribution in [3.05, 3.63) is 132 Å². The summed E-state index contributed by atoms with van der Waals surface area (Å²) in [6, 6.07) is 37.3. The lowest BCUT2D eigenvalue weighted by Crippen LogP contribution is -2.52. The molecule has 0 fully saturated rings. The van der Waals surface area contributed by atoms with Gasteiger partial charge in [0.15, 0.2) is 0 Å². The van der Waals surface area contributed by atoms with Crippen LogP contribution in [0.15, 0.2) is 115 Å². The number of rotatable bonds is 7. The molecule has 1 N–H and O–H groups in total. The van der Waals surface area contributed by atoms with Gasteiger partial charge in [0.1, 0.15) is 5.75 Å². The van der Waals surface area contributed by atoms with Crippen LogP contribution in [0.4, 0.5) is 0 Å². The maximum absolute atomic E-state index is 13.5. The van der Waals surface area contributed by atoms with E-state index in [1.165, 1.54) is 0 Å². The normalized spacial score (nSPS) is 11.2. The lowest BCUT2D eigenvalue weighted by Gasteiger charge is -2.15. The van der Waals surface area contributed by atoms with Crippen molar-refractivity contribution in [2.45, 2.75) is 20.8 Å². The van der Waals surface area contributed by atoms with Gasteiger partial charge < -0.3 is 4.18 Å². The molecule has 5 aromatic rings. The van der Waals surface area contributed by atoms with Crippen molar-refractivity contribution in [3.63, 3.8) is 0 Å². The highest BCUT2D eigenvalue weighted by atomic mass is 32.2. The second-order valence-electron chi connectivity index (χ2n) is 9.30. The molecule has 0 radical (unpaired) electrons. The highest BCUT2D eigenvalue weighted by Crippen LogP contribution is 2.30. The standard InChI is InChI=1S/C32H29N2O3S/c1-23-19-24(2)32(25(3)20-23)37-38(35,36)33-34-30(27-15-9-5-10-16-27)21-29(26-13-7-4-8-14-26)22-31(34)28-17-11-6-12-18-28/h4-22,33H,1-3H3/q+1. The Balaban J connectivity index is 1.71. The number of aryl methyl sites for hydroxylation is 3. The first-order chi connectivity index (χ1) is 18.3. The predicted octanol–water partition coefficient (Wildman–Crippen LogP) is 6.77. The summed E-state index contributed by atoms with van der Waals surface area (Å²) < 4.78 is 34.3.